The molecule has 2 bridgehead atoms. The second-order valence-corrected chi connectivity index (χ2v) is 4.06. The van der Waals surface area contributed by atoms with E-state index >= 15 is 0 Å². The number of benzene rings is 1. The summed E-state index contributed by atoms with van der Waals surface area (Å²) in [6, 6.07) is 8.34. The van der Waals surface area contributed by atoms with E-state index in [1.807, 2.05) is 6.07 Å². The SMILES string of the molecule is OC12CCC(C1)c1ccccc12. The second kappa shape index (κ2) is 1.91. The molecule has 2 aliphatic rings. The number of hydrogen-bond acceptors (Lipinski definition) is 1. The molecule has 1 fully saturated rings. The van der Waals surface area contributed by atoms with E-state index in [1.165, 1.54) is 17.5 Å². The van der Waals surface area contributed by atoms with Crippen molar-refractivity contribution < 1.29 is 5.11 Å². The van der Waals surface area contributed by atoms with Crippen molar-refractivity contribution in [2.24, 2.45) is 0 Å². The molecule has 0 radical (unpaired) electrons. The van der Waals surface area contributed by atoms with Gasteiger partial charge in [0.25, 0.3) is 0 Å². The van der Waals surface area contributed by atoms with Crippen LogP contribution in [-0.4, -0.2) is 5.11 Å². The van der Waals surface area contributed by atoms with Crippen LogP contribution in [0.1, 0.15) is 36.3 Å². The van der Waals surface area contributed by atoms with Crippen molar-refractivity contribution >= 4 is 0 Å². The predicted octanol–water partition coefficient (Wildman–Crippen LogP) is 2.16. The van der Waals surface area contributed by atoms with Crippen LogP contribution >= 0.6 is 0 Å². The van der Waals surface area contributed by atoms with Crippen LogP contribution in [0.4, 0.5) is 0 Å². The van der Waals surface area contributed by atoms with Gasteiger partial charge in [0.2, 0.25) is 0 Å². The summed E-state index contributed by atoms with van der Waals surface area (Å²) in [5.74, 6) is 0.645. The number of hydrogen-bond donors (Lipinski definition) is 1. The van der Waals surface area contributed by atoms with Gasteiger partial charge in [0, 0.05) is 0 Å². The molecule has 12 heavy (non-hydrogen) atoms. The van der Waals surface area contributed by atoms with E-state index in [-0.39, 0.29) is 0 Å². The zero-order valence-corrected chi connectivity index (χ0v) is 6.96. The summed E-state index contributed by atoms with van der Waals surface area (Å²) in [4.78, 5) is 0. The average molecular weight is 160 g/mol. The Kier molecular flexibility index (Phi) is 1.06. The van der Waals surface area contributed by atoms with Crippen molar-refractivity contribution in [3.8, 4) is 0 Å². The van der Waals surface area contributed by atoms with E-state index in [2.05, 4.69) is 18.2 Å². The van der Waals surface area contributed by atoms with Gasteiger partial charge in [-0.1, -0.05) is 24.3 Å². The van der Waals surface area contributed by atoms with Gasteiger partial charge in [-0.05, 0) is 36.3 Å². The minimum absolute atomic E-state index is 0.457. The highest BCUT2D eigenvalue weighted by Crippen LogP contribution is 2.55. The summed E-state index contributed by atoms with van der Waals surface area (Å²) in [6.07, 6.45) is 3.11. The van der Waals surface area contributed by atoms with E-state index < -0.39 is 5.60 Å². The van der Waals surface area contributed by atoms with Crippen LogP contribution in [0.15, 0.2) is 24.3 Å². The zero-order chi connectivity index (χ0) is 8.18. The number of aliphatic hydroxyl groups is 1. The minimum atomic E-state index is -0.457. The maximum atomic E-state index is 10.2. The van der Waals surface area contributed by atoms with Gasteiger partial charge >= 0.3 is 0 Å². The molecule has 2 unspecified atom stereocenters. The van der Waals surface area contributed by atoms with Crippen molar-refractivity contribution in [3.05, 3.63) is 35.4 Å². The topological polar surface area (TPSA) is 20.2 Å². The molecule has 2 aliphatic carbocycles. The Morgan fingerprint density at radius 3 is 3.00 bits per heavy atom. The van der Waals surface area contributed by atoms with Crippen LogP contribution in [0, 0.1) is 0 Å². The highest BCUT2D eigenvalue weighted by atomic mass is 16.3. The normalized spacial score (nSPS) is 36.9. The van der Waals surface area contributed by atoms with Gasteiger partial charge in [-0.2, -0.15) is 0 Å². The first-order chi connectivity index (χ1) is 5.80. The van der Waals surface area contributed by atoms with Crippen LogP contribution in [0.2, 0.25) is 0 Å². The molecule has 1 aromatic carbocycles. The molecule has 62 valence electrons. The number of fused-ring (bicyclic) bond motifs is 5. The Morgan fingerprint density at radius 1 is 1.33 bits per heavy atom. The zero-order valence-electron chi connectivity index (χ0n) is 6.96. The van der Waals surface area contributed by atoms with Gasteiger partial charge in [-0.25, -0.2) is 0 Å². The van der Waals surface area contributed by atoms with Crippen molar-refractivity contribution in [3.63, 3.8) is 0 Å². The molecule has 0 amide bonds. The Bertz CT molecular complexity index is 332. The first-order valence-corrected chi connectivity index (χ1v) is 4.61. The van der Waals surface area contributed by atoms with Gasteiger partial charge in [0.05, 0.1) is 5.60 Å². The molecule has 0 heterocycles. The van der Waals surface area contributed by atoms with E-state index in [0.717, 1.165) is 12.8 Å². The highest BCUT2D eigenvalue weighted by molar-refractivity contribution is 5.42. The highest BCUT2D eigenvalue weighted by Gasteiger charge is 2.47. The second-order valence-electron chi connectivity index (χ2n) is 4.06. The quantitative estimate of drug-likeness (QED) is 0.616. The van der Waals surface area contributed by atoms with Gasteiger partial charge in [-0.15, -0.1) is 0 Å². The van der Waals surface area contributed by atoms with Gasteiger partial charge in [0.15, 0.2) is 0 Å². The molecule has 2 atom stereocenters. The van der Waals surface area contributed by atoms with E-state index in [9.17, 15) is 5.11 Å². The Balaban J connectivity index is 2.27. The molecule has 3 rings (SSSR count). The van der Waals surface area contributed by atoms with Crippen LogP contribution in [0.25, 0.3) is 0 Å². The molecular formula is C11H12O. The lowest BCUT2D eigenvalue weighted by Gasteiger charge is -2.22. The Morgan fingerprint density at radius 2 is 2.17 bits per heavy atom. The van der Waals surface area contributed by atoms with Crippen LogP contribution < -0.4 is 0 Å². The Labute approximate surface area is 72.0 Å². The van der Waals surface area contributed by atoms with Gasteiger partial charge in [-0.3, -0.25) is 0 Å². The first-order valence-electron chi connectivity index (χ1n) is 4.61. The van der Waals surface area contributed by atoms with E-state index in [1.54, 1.807) is 0 Å². The maximum Gasteiger partial charge on any atom is 0.0905 e. The fraction of sp³-hybridized carbons (Fsp3) is 0.455. The molecule has 1 nitrogen and oxygen atoms in total. The smallest absolute Gasteiger partial charge is 0.0905 e. The lowest BCUT2D eigenvalue weighted by Crippen LogP contribution is -2.19. The van der Waals surface area contributed by atoms with Crippen molar-refractivity contribution in [2.45, 2.75) is 30.8 Å². The number of rotatable bonds is 0. The van der Waals surface area contributed by atoms with Gasteiger partial charge in [0.1, 0.15) is 0 Å². The Hall–Kier alpha value is -0.820. The van der Waals surface area contributed by atoms with Crippen molar-refractivity contribution in [2.75, 3.05) is 0 Å². The first kappa shape index (κ1) is 6.67. The standard InChI is InChI=1S/C11H12O/c12-11-6-5-8(7-11)9-3-1-2-4-10(9)11/h1-4,8,12H,5-7H2. The summed E-state index contributed by atoms with van der Waals surface area (Å²) in [5.41, 5.74) is 2.13. The molecule has 0 aromatic heterocycles. The van der Waals surface area contributed by atoms with Crippen molar-refractivity contribution in [1.82, 2.24) is 0 Å². The lowest BCUT2D eigenvalue weighted by molar-refractivity contribution is 0.0497. The summed E-state index contributed by atoms with van der Waals surface area (Å²) < 4.78 is 0. The minimum Gasteiger partial charge on any atom is -0.385 e. The third-order valence-electron chi connectivity index (χ3n) is 3.39. The van der Waals surface area contributed by atoms with Gasteiger partial charge < -0.3 is 5.11 Å². The van der Waals surface area contributed by atoms with Crippen LogP contribution in [-0.2, 0) is 5.60 Å². The molecule has 1 saturated carbocycles. The average Bonchev–Trinajstić information content (AvgIpc) is 2.60. The lowest BCUT2D eigenvalue weighted by atomic mass is 9.89. The molecule has 1 aromatic rings. The molecule has 0 aliphatic heterocycles. The molecule has 1 N–H and O–H groups in total. The molecular weight excluding hydrogens is 148 g/mol. The van der Waals surface area contributed by atoms with E-state index in [0.29, 0.717) is 5.92 Å². The monoisotopic (exact) mass is 160 g/mol. The summed E-state index contributed by atoms with van der Waals surface area (Å²) in [6.45, 7) is 0. The summed E-state index contributed by atoms with van der Waals surface area (Å²) >= 11 is 0. The molecule has 1 heteroatoms. The third kappa shape index (κ3) is 0.632. The molecule has 0 saturated heterocycles. The largest absolute Gasteiger partial charge is 0.385 e. The maximum absolute atomic E-state index is 10.2. The third-order valence-corrected chi connectivity index (χ3v) is 3.39. The van der Waals surface area contributed by atoms with Crippen molar-refractivity contribution in [1.29, 1.82) is 0 Å². The molecule has 0 spiro atoms. The summed E-state index contributed by atoms with van der Waals surface area (Å²) in [5, 5.41) is 10.2. The van der Waals surface area contributed by atoms with E-state index in [4.69, 9.17) is 0 Å². The van der Waals surface area contributed by atoms with Crippen LogP contribution in [0.5, 0.6) is 0 Å². The van der Waals surface area contributed by atoms with Crippen LogP contribution in [0.3, 0.4) is 0 Å². The predicted molar refractivity (Wildman–Crippen MR) is 46.9 cm³/mol. The fourth-order valence-electron chi connectivity index (χ4n) is 2.81. The summed E-state index contributed by atoms with van der Waals surface area (Å²) in [7, 11) is 0. The fourth-order valence-corrected chi connectivity index (χ4v) is 2.81.